The fraction of sp³-hybridized carbons (Fsp3) is 0.868. The maximum atomic E-state index is 14.0. The molecule has 8 heteroatoms. The molecule has 0 aromatic rings. The Bertz CT molecular complexity index is 1250. The van der Waals surface area contributed by atoms with Crippen molar-refractivity contribution in [2.24, 2.45) is 50.7 Å². The predicted octanol–water partition coefficient (Wildman–Crippen LogP) is 6.12. The van der Waals surface area contributed by atoms with Crippen molar-refractivity contribution in [3.63, 3.8) is 0 Å². The summed E-state index contributed by atoms with van der Waals surface area (Å²) in [7, 11) is 0. The number of esters is 2. The Morgan fingerprint density at radius 3 is 2.26 bits per heavy atom. The first-order chi connectivity index (χ1) is 21.5. The number of ether oxygens (including phenoxy) is 2. The van der Waals surface area contributed by atoms with Crippen molar-refractivity contribution in [2.75, 3.05) is 19.8 Å². The Kier molecular flexibility index (Phi) is 9.38. The monoisotopic (exact) mass is 643 g/mol. The Hall–Kier alpha value is -1.93. The third kappa shape index (κ3) is 5.01. The summed E-state index contributed by atoms with van der Waals surface area (Å²) in [6, 6.07) is 0. The third-order valence-corrected chi connectivity index (χ3v) is 15.0. The lowest BCUT2D eigenvalue weighted by Gasteiger charge is -2.72. The number of carbonyl (C=O) groups is 3. The summed E-state index contributed by atoms with van der Waals surface area (Å²) in [6.45, 7) is 17.6. The van der Waals surface area contributed by atoms with Crippen molar-refractivity contribution < 1.29 is 34.1 Å². The summed E-state index contributed by atoms with van der Waals surface area (Å²) in [4.78, 5) is 39.0. The summed E-state index contributed by atoms with van der Waals surface area (Å²) in [5, 5.41) is 24.8. The molecule has 0 saturated heterocycles. The fourth-order valence-corrected chi connectivity index (χ4v) is 12.0. The molecule has 0 aliphatic heterocycles. The molecule has 0 spiro atoms. The molecule has 4 saturated carbocycles. The number of nitrogens with one attached hydrogen (secondary N) is 1. The van der Waals surface area contributed by atoms with Crippen LogP contribution in [0.5, 0.6) is 0 Å². The molecule has 5 aliphatic carbocycles. The van der Waals surface area contributed by atoms with E-state index in [1.165, 1.54) is 5.57 Å². The second kappa shape index (κ2) is 12.2. The number of fused-ring (bicyclic) bond motifs is 7. The molecule has 4 fully saturated rings. The molecule has 8 nitrogen and oxygen atoms in total. The zero-order chi connectivity index (χ0) is 33.9. The molecular formula is C38H61NO7. The number of carbonyl (C=O) groups excluding carboxylic acids is 3. The van der Waals surface area contributed by atoms with Gasteiger partial charge in [-0.1, -0.05) is 60.1 Å². The van der Waals surface area contributed by atoms with Crippen molar-refractivity contribution in [1.29, 1.82) is 0 Å². The quantitative estimate of drug-likeness (QED) is 0.215. The van der Waals surface area contributed by atoms with Gasteiger partial charge in [-0.3, -0.25) is 14.4 Å². The molecule has 260 valence electrons. The molecule has 1 amide bonds. The van der Waals surface area contributed by atoms with Gasteiger partial charge in [0.15, 0.2) is 0 Å². The first kappa shape index (κ1) is 35.4. The average Bonchev–Trinajstić information content (AvgIpc) is 3.02. The van der Waals surface area contributed by atoms with Crippen LogP contribution in [0.3, 0.4) is 0 Å². The summed E-state index contributed by atoms with van der Waals surface area (Å²) in [5.41, 5.74) is -1.30. The van der Waals surface area contributed by atoms with Crippen LogP contribution in [-0.4, -0.2) is 59.5 Å². The molecule has 46 heavy (non-hydrogen) atoms. The highest BCUT2D eigenvalue weighted by molar-refractivity contribution is 5.84. The van der Waals surface area contributed by atoms with Crippen LogP contribution in [0, 0.1) is 50.7 Å². The zero-order valence-corrected chi connectivity index (χ0v) is 29.8. The topological polar surface area (TPSA) is 122 Å². The second-order valence-corrected chi connectivity index (χ2v) is 16.9. The zero-order valence-electron chi connectivity index (χ0n) is 29.8. The highest BCUT2D eigenvalue weighted by atomic mass is 16.6. The Morgan fingerprint density at radius 2 is 1.61 bits per heavy atom. The van der Waals surface area contributed by atoms with Crippen molar-refractivity contribution >= 4 is 17.8 Å². The van der Waals surface area contributed by atoms with Crippen LogP contribution in [-0.2, 0) is 23.9 Å². The number of amides is 1. The van der Waals surface area contributed by atoms with E-state index in [1.54, 1.807) is 0 Å². The molecule has 0 aromatic carbocycles. The standard InChI is InChI=1S/C38H61NO7/c1-9-29(41)45-23-34(5)26-14-17-36(7)27(33(26,4)16-15-28(34)46-30(42)10-2)12-11-25-31-37(8,44)24(3)13-18-38(31,20-19-35(25,36)6)32(43)39-21-22-40/h11,24,26-28,31,40,44H,9-10,12-23H2,1-8H3,(H,39,43)/t24-,26?,27?,28+,31?,33+,34+,35-,36-,37-,38+/m1/s1. The van der Waals surface area contributed by atoms with Gasteiger partial charge in [-0.05, 0) is 98.7 Å². The van der Waals surface area contributed by atoms with E-state index in [4.69, 9.17) is 9.47 Å². The van der Waals surface area contributed by atoms with E-state index in [0.29, 0.717) is 25.2 Å². The molecule has 0 heterocycles. The Balaban J connectivity index is 1.56. The summed E-state index contributed by atoms with van der Waals surface area (Å²) < 4.78 is 12.0. The minimum atomic E-state index is -1.03. The summed E-state index contributed by atoms with van der Waals surface area (Å²) in [5.74, 6) is -0.134. The number of rotatable bonds is 8. The van der Waals surface area contributed by atoms with Crippen LogP contribution in [0.4, 0.5) is 0 Å². The van der Waals surface area contributed by atoms with Gasteiger partial charge in [0.2, 0.25) is 5.91 Å². The van der Waals surface area contributed by atoms with Gasteiger partial charge in [-0.25, -0.2) is 0 Å². The maximum Gasteiger partial charge on any atom is 0.305 e. The lowest BCUT2D eigenvalue weighted by molar-refractivity contribution is -0.231. The molecule has 0 bridgehead atoms. The first-order valence-electron chi connectivity index (χ1n) is 18.2. The highest BCUT2D eigenvalue weighted by Gasteiger charge is 2.71. The molecule has 5 rings (SSSR count). The van der Waals surface area contributed by atoms with E-state index >= 15 is 0 Å². The van der Waals surface area contributed by atoms with Crippen LogP contribution in [0.1, 0.15) is 126 Å². The van der Waals surface area contributed by atoms with Crippen LogP contribution in [0.15, 0.2) is 11.6 Å². The lowest BCUT2D eigenvalue weighted by Crippen LogP contribution is -2.69. The van der Waals surface area contributed by atoms with Gasteiger partial charge in [0.05, 0.1) is 17.6 Å². The van der Waals surface area contributed by atoms with Gasteiger partial charge >= 0.3 is 11.9 Å². The van der Waals surface area contributed by atoms with Gasteiger partial charge in [0.25, 0.3) is 0 Å². The van der Waals surface area contributed by atoms with Gasteiger partial charge in [-0.15, -0.1) is 0 Å². The van der Waals surface area contributed by atoms with E-state index in [0.717, 1.165) is 51.4 Å². The van der Waals surface area contributed by atoms with Gasteiger partial charge < -0.3 is 25.0 Å². The van der Waals surface area contributed by atoms with Crippen LogP contribution >= 0.6 is 0 Å². The average molecular weight is 644 g/mol. The van der Waals surface area contributed by atoms with Crippen molar-refractivity contribution in [3.8, 4) is 0 Å². The SMILES string of the molecule is CCC(=O)OC[C@@]1(C)C2CC[C@]3(C)C(CC=C4C5[C@](C(=O)NCCO)(CC[C@@H](C)[C@@]5(C)O)CC[C@]43C)[C@@]2(C)CC[C@@H]1OC(=O)CC. The molecular weight excluding hydrogens is 582 g/mol. The smallest absolute Gasteiger partial charge is 0.305 e. The van der Waals surface area contributed by atoms with E-state index in [9.17, 15) is 24.6 Å². The molecule has 0 aromatic heterocycles. The summed E-state index contributed by atoms with van der Waals surface area (Å²) in [6.07, 6.45) is 10.3. The Morgan fingerprint density at radius 1 is 0.913 bits per heavy atom. The van der Waals surface area contributed by atoms with Crippen molar-refractivity contribution in [3.05, 3.63) is 11.6 Å². The number of allylic oxidation sites excluding steroid dienone is 1. The number of aliphatic hydroxyl groups is 2. The Labute approximate surface area is 276 Å². The van der Waals surface area contributed by atoms with Crippen molar-refractivity contribution in [1.82, 2.24) is 5.32 Å². The van der Waals surface area contributed by atoms with Crippen molar-refractivity contribution in [2.45, 2.75) is 138 Å². The molecule has 3 unspecified atom stereocenters. The summed E-state index contributed by atoms with van der Waals surface area (Å²) >= 11 is 0. The third-order valence-electron chi connectivity index (χ3n) is 15.0. The van der Waals surface area contributed by atoms with Gasteiger partial charge in [-0.2, -0.15) is 0 Å². The van der Waals surface area contributed by atoms with E-state index in [-0.39, 0.29) is 77.7 Å². The second-order valence-electron chi connectivity index (χ2n) is 16.9. The van der Waals surface area contributed by atoms with Crippen LogP contribution in [0.2, 0.25) is 0 Å². The van der Waals surface area contributed by atoms with E-state index in [1.807, 2.05) is 20.8 Å². The number of hydrogen-bond donors (Lipinski definition) is 3. The number of aliphatic hydroxyl groups excluding tert-OH is 1. The van der Waals surface area contributed by atoms with E-state index < -0.39 is 16.4 Å². The molecule has 5 aliphatic rings. The highest BCUT2D eigenvalue weighted by Crippen LogP contribution is 2.76. The normalized spacial score (nSPS) is 46.4. The minimum Gasteiger partial charge on any atom is -0.465 e. The van der Waals surface area contributed by atoms with Crippen LogP contribution < -0.4 is 5.32 Å². The van der Waals surface area contributed by atoms with Crippen LogP contribution in [0.25, 0.3) is 0 Å². The lowest BCUT2D eigenvalue weighted by atomic mass is 9.33. The maximum absolute atomic E-state index is 14.0. The number of hydrogen-bond acceptors (Lipinski definition) is 7. The minimum absolute atomic E-state index is 0.0260. The predicted molar refractivity (Wildman–Crippen MR) is 176 cm³/mol. The van der Waals surface area contributed by atoms with Gasteiger partial charge in [0.1, 0.15) is 12.7 Å². The first-order valence-corrected chi connectivity index (χ1v) is 18.2. The fourth-order valence-electron chi connectivity index (χ4n) is 12.0. The van der Waals surface area contributed by atoms with E-state index in [2.05, 4.69) is 46.0 Å². The molecule has 0 radical (unpaired) electrons. The molecule has 11 atom stereocenters. The molecule has 3 N–H and O–H groups in total. The largest absolute Gasteiger partial charge is 0.465 e. The van der Waals surface area contributed by atoms with Gasteiger partial charge in [0, 0.05) is 30.7 Å².